The highest BCUT2D eigenvalue weighted by Crippen LogP contribution is 1.97. The Hall–Kier alpha value is -0.0900. The zero-order chi connectivity index (χ0) is 8.85. The number of nitrogens with one attached hydrogen (secondary N) is 1. The number of alkyl halides is 1. The third-order valence-electron chi connectivity index (χ3n) is 1.51. The van der Waals surface area contributed by atoms with Gasteiger partial charge >= 0.3 is 0 Å². The Balaban J connectivity index is 3.67. The first kappa shape index (κ1) is 10.9. The van der Waals surface area contributed by atoms with Gasteiger partial charge in [-0.2, -0.15) is 0 Å². The summed E-state index contributed by atoms with van der Waals surface area (Å²) in [5.41, 5.74) is 0. The molecule has 0 bridgehead atoms. The fraction of sp³-hybridized carbons (Fsp3) is 0.857. The summed E-state index contributed by atoms with van der Waals surface area (Å²) >= 11 is 3.02. The van der Waals surface area contributed by atoms with E-state index in [4.69, 9.17) is 0 Å². The Morgan fingerprint density at radius 2 is 2.27 bits per heavy atom. The van der Waals surface area contributed by atoms with E-state index >= 15 is 0 Å². The first-order chi connectivity index (χ1) is 5.11. The molecule has 2 N–H and O–H groups in total. The molecule has 2 unspecified atom stereocenters. The van der Waals surface area contributed by atoms with Crippen LogP contribution in [0.25, 0.3) is 0 Å². The van der Waals surface area contributed by atoms with Crippen molar-refractivity contribution in [1.82, 2.24) is 5.32 Å². The molecular weight excluding hydrogens is 210 g/mol. The number of amides is 1. The fourth-order valence-electron chi connectivity index (χ4n) is 0.742. The third-order valence-corrected chi connectivity index (χ3v) is 2.01. The maximum atomic E-state index is 10.8. The van der Waals surface area contributed by atoms with Gasteiger partial charge in [-0.25, -0.2) is 0 Å². The lowest BCUT2D eigenvalue weighted by Gasteiger charge is -2.17. The number of halogens is 1. The molecular formula is C7H14BrNO2. The number of aliphatic hydroxyl groups is 1. The second-order valence-electron chi connectivity index (χ2n) is 2.47. The predicted molar refractivity (Wildman–Crippen MR) is 47.7 cm³/mol. The fourth-order valence-corrected chi connectivity index (χ4v) is 0.904. The van der Waals surface area contributed by atoms with E-state index in [0.717, 1.165) is 0 Å². The van der Waals surface area contributed by atoms with Gasteiger partial charge in [0, 0.05) is 0 Å². The minimum Gasteiger partial charge on any atom is -0.391 e. The SMILES string of the molecule is CCC(O)C(C)NC(=O)CBr. The predicted octanol–water partition coefficient (Wildman–Crippen LogP) is 0.657. The summed E-state index contributed by atoms with van der Waals surface area (Å²) in [6.07, 6.45) is 0.210. The van der Waals surface area contributed by atoms with Crippen LogP contribution < -0.4 is 5.32 Å². The standard InChI is InChI=1S/C7H14BrNO2/c1-3-6(10)5(2)9-7(11)4-8/h5-6,10H,3-4H2,1-2H3,(H,9,11). The lowest BCUT2D eigenvalue weighted by Crippen LogP contribution is -2.41. The molecule has 0 aromatic rings. The van der Waals surface area contributed by atoms with E-state index in [1.807, 2.05) is 6.92 Å². The van der Waals surface area contributed by atoms with Crippen LogP contribution in [0.15, 0.2) is 0 Å². The van der Waals surface area contributed by atoms with E-state index in [2.05, 4.69) is 21.2 Å². The second kappa shape index (κ2) is 5.55. The molecule has 0 aromatic heterocycles. The van der Waals surface area contributed by atoms with Crippen molar-refractivity contribution in [2.75, 3.05) is 5.33 Å². The molecule has 0 radical (unpaired) electrons. The number of hydrogen-bond donors (Lipinski definition) is 2. The molecule has 66 valence electrons. The van der Waals surface area contributed by atoms with E-state index in [0.29, 0.717) is 6.42 Å². The van der Waals surface area contributed by atoms with Gasteiger partial charge in [-0.15, -0.1) is 0 Å². The highest BCUT2D eigenvalue weighted by atomic mass is 79.9. The summed E-state index contributed by atoms with van der Waals surface area (Å²) in [5, 5.41) is 12.2. The Labute approximate surface area is 75.3 Å². The quantitative estimate of drug-likeness (QED) is 0.689. The van der Waals surface area contributed by atoms with Gasteiger partial charge in [0.2, 0.25) is 5.91 Å². The molecule has 0 aromatic carbocycles. The second-order valence-corrected chi connectivity index (χ2v) is 3.03. The van der Waals surface area contributed by atoms with Gasteiger partial charge in [0.1, 0.15) is 0 Å². The van der Waals surface area contributed by atoms with Crippen molar-refractivity contribution in [3.63, 3.8) is 0 Å². The van der Waals surface area contributed by atoms with E-state index < -0.39 is 6.10 Å². The summed E-state index contributed by atoms with van der Waals surface area (Å²) in [6, 6.07) is -0.162. The highest BCUT2D eigenvalue weighted by Gasteiger charge is 2.13. The molecule has 0 heterocycles. The molecule has 4 heteroatoms. The van der Waals surface area contributed by atoms with Crippen LogP contribution in [0.3, 0.4) is 0 Å². The first-order valence-electron chi connectivity index (χ1n) is 3.65. The summed E-state index contributed by atoms with van der Waals surface area (Å²) in [7, 11) is 0. The van der Waals surface area contributed by atoms with Gasteiger partial charge in [0.15, 0.2) is 0 Å². The Kier molecular flexibility index (Phi) is 5.50. The van der Waals surface area contributed by atoms with E-state index in [-0.39, 0.29) is 17.3 Å². The van der Waals surface area contributed by atoms with E-state index in [1.54, 1.807) is 6.92 Å². The average molecular weight is 224 g/mol. The van der Waals surface area contributed by atoms with Crippen molar-refractivity contribution in [1.29, 1.82) is 0 Å². The summed E-state index contributed by atoms with van der Waals surface area (Å²) in [6.45, 7) is 3.66. The Morgan fingerprint density at radius 1 is 1.73 bits per heavy atom. The van der Waals surface area contributed by atoms with Crippen LogP contribution in [-0.2, 0) is 4.79 Å². The van der Waals surface area contributed by atoms with Gasteiger partial charge in [-0.1, -0.05) is 22.9 Å². The maximum absolute atomic E-state index is 10.8. The number of carbonyl (C=O) groups excluding carboxylic acids is 1. The van der Waals surface area contributed by atoms with E-state index in [1.165, 1.54) is 0 Å². The lowest BCUT2D eigenvalue weighted by molar-refractivity contribution is -0.119. The van der Waals surface area contributed by atoms with Crippen LogP contribution >= 0.6 is 15.9 Å². The van der Waals surface area contributed by atoms with Crippen molar-refractivity contribution >= 4 is 21.8 Å². The monoisotopic (exact) mass is 223 g/mol. The maximum Gasteiger partial charge on any atom is 0.230 e. The van der Waals surface area contributed by atoms with Gasteiger partial charge < -0.3 is 10.4 Å². The molecule has 11 heavy (non-hydrogen) atoms. The molecule has 0 aliphatic heterocycles. The van der Waals surface area contributed by atoms with Crippen molar-refractivity contribution < 1.29 is 9.90 Å². The molecule has 2 atom stereocenters. The van der Waals surface area contributed by atoms with Crippen LogP contribution in [0.1, 0.15) is 20.3 Å². The number of aliphatic hydroxyl groups excluding tert-OH is 1. The van der Waals surface area contributed by atoms with Crippen molar-refractivity contribution in [2.45, 2.75) is 32.4 Å². The van der Waals surface area contributed by atoms with Gasteiger partial charge in [0.05, 0.1) is 17.5 Å². The lowest BCUT2D eigenvalue weighted by atomic mass is 10.1. The normalized spacial score (nSPS) is 15.6. The van der Waals surface area contributed by atoms with E-state index in [9.17, 15) is 9.90 Å². The van der Waals surface area contributed by atoms with Crippen molar-refractivity contribution in [3.05, 3.63) is 0 Å². The molecule has 0 rings (SSSR count). The van der Waals surface area contributed by atoms with Crippen LogP contribution in [0.5, 0.6) is 0 Å². The molecule has 0 saturated heterocycles. The average Bonchev–Trinajstić information content (AvgIpc) is 2.02. The summed E-state index contributed by atoms with van der Waals surface area (Å²) < 4.78 is 0. The molecule has 1 amide bonds. The van der Waals surface area contributed by atoms with Gasteiger partial charge in [-0.3, -0.25) is 4.79 Å². The zero-order valence-corrected chi connectivity index (χ0v) is 8.39. The van der Waals surface area contributed by atoms with Crippen LogP contribution in [0.4, 0.5) is 0 Å². The Bertz CT molecular complexity index is 130. The topological polar surface area (TPSA) is 49.3 Å². The molecule has 0 aliphatic carbocycles. The number of hydrogen-bond acceptors (Lipinski definition) is 2. The summed E-state index contributed by atoms with van der Waals surface area (Å²) in [5.74, 6) is -0.0926. The minimum absolute atomic E-state index is 0.0926. The molecule has 3 nitrogen and oxygen atoms in total. The third kappa shape index (κ3) is 4.37. The highest BCUT2D eigenvalue weighted by molar-refractivity contribution is 9.09. The number of carbonyl (C=O) groups is 1. The minimum atomic E-state index is -0.446. The number of rotatable bonds is 4. The van der Waals surface area contributed by atoms with Crippen molar-refractivity contribution in [2.24, 2.45) is 0 Å². The molecule has 0 fully saturated rings. The van der Waals surface area contributed by atoms with Gasteiger partial charge in [0.25, 0.3) is 0 Å². The Morgan fingerprint density at radius 3 is 2.64 bits per heavy atom. The van der Waals surface area contributed by atoms with Crippen molar-refractivity contribution in [3.8, 4) is 0 Å². The van der Waals surface area contributed by atoms with Crippen LogP contribution in [0.2, 0.25) is 0 Å². The molecule has 0 aliphatic rings. The van der Waals surface area contributed by atoms with Crippen LogP contribution in [-0.4, -0.2) is 28.5 Å². The molecule has 0 spiro atoms. The zero-order valence-electron chi connectivity index (χ0n) is 6.80. The first-order valence-corrected chi connectivity index (χ1v) is 4.77. The van der Waals surface area contributed by atoms with Crippen LogP contribution in [0, 0.1) is 0 Å². The smallest absolute Gasteiger partial charge is 0.230 e. The summed E-state index contributed by atoms with van der Waals surface area (Å²) in [4.78, 5) is 10.8. The van der Waals surface area contributed by atoms with Gasteiger partial charge in [-0.05, 0) is 13.3 Å². The molecule has 0 saturated carbocycles. The largest absolute Gasteiger partial charge is 0.391 e.